The molecule has 0 saturated heterocycles. The van der Waals surface area contributed by atoms with Gasteiger partial charge in [0.2, 0.25) is 0 Å². The largest absolute Gasteiger partial charge is 0.496 e. The first-order valence-corrected chi connectivity index (χ1v) is 7.57. The van der Waals surface area contributed by atoms with E-state index in [1.165, 1.54) is 16.0 Å². The average molecular weight is 287 g/mol. The molecule has 0 spiro atoms. The van der Waals surface area contributed by atoms with Crippen LogP contribution in [0.5, 0.6) is 5.75 Å². The molecule has 0 amide bonds. The summed E-state index contributed by atoms with van der Waals surface area (Å²) >= 11 is 1.72. The summed E-state index contributed by atoms with van der Waals surface area (Å²) < 4.78 is 5.39. The zero-order valence-corrected chi connectivity index (χ0v) is 13.0. The maximum absolute atomic E-state index is 5.87. The fourth-order valence-electron chi connectivity index (χ4n) is 2.14. The molecule has 1 atom stereocenters. The summed E-state index contributed by atoms with van der Waals surface area (Å²) in [6, 6.07) is 14.8. The van der Waals surface area contributed by atoms with Gasteiger partial charge in [0.15, 0.2) is 0 Å². The van der Waals surface area contributed by atoms with Crippen LogP contribution in [0.1, 0.15) is 18.1 Å². The third-order valence-electron chi connectivity index (χ3n) is 3.15. The Morgan fingerprint density at radius 1 is 1.20 bits per heavy atom. The molecule has 0 fully saturated rings. The highest BCUT2D eigenvalue weighted by Crippen LogP contribution is 2.35. The molecular formula is C17H21NOS. The van der Waals surface area contributed by atoms with Gasteiger partial charge in [0, 0.05) is 10.9 Å². The predicted octanol–water partition coefficient (Wildman–Crippen LogP) is 4.04. The van der Waals surface area contributed by atoms with E-state index in [1.54, 1.807) is 18.9 Å². The molecule has 2 nitrogen and oxygen atoms in total. The Morgan fingerprint density at radius 3 is 2.60 bits per heavy atom. The maximum Gasteiger partial charge on any atom is 0.132 e. The quantitative estimate of drug-likeness (QED) is 0.901. The van der Waals surface area contributed by atoms with Crippen molar-refractivity contribution >= 4 is 11.8 Å². The number of hydrogen-bond acceptors (Lipinski definition) is 3. The Bertz CT molecular complexity index is 581. The Balaban J connectivity index is 2.20. The van der Waals surface area contributed by atoms with Gasteiger partial charge in [0.05, 0.1) is 12.0 Å². The lowest BCUT2D eigenvalue weighted by Crippen LogP contribution is -2.18. The minimum atomic E-state index is 0.196. The molecule has 1 unspecified atom stereocenters. The summed E-state index contributed by atoms with van der Waals surface area (Å²) in [6.45, 7) is 4.18. The number of nitrogens with two attached hydrogens (primary N) is 1. The van der Waals surface area contributed by atoms with Gasteiger partial charge in [0.25, 0.3) is 0 Å². The van der Waals surface area contributed by atoms with Gasteiger partial charge >= 0.3 is 0 Å². The minimum absolute atomic E-state index is 0.196. The molecule has 2 aromatic carbocycles. The normalized spacial score (nSPS) is 12.2. The van der Waals surface area contributed by atoms with E-state index in [4.69, 9.17) is 10.5 Å². The fourth-order valence-corrected chi connectivity index (χ4v) is 3.16. The van der Waals surface area contributed by atoms with Gasteiger partial charge in [-0.2, -0.15) is 0 Å². The van der Waals surface area contributed by atoms with E-state index in [0.29, 0.717) is 0 Å². The van der Waals surface area contributed by atoms with E-state index >= 15 is 0 Å². The number of methoxy groups -OCH3 is 1. The molecule has 0 aliphatic carbocycles. The van der Waals surface area contributed by atoms with Crippen LogP contribution in [0.4, 0.5) is 0 Å². The van der Waals surface area contributed by atoms with E-state index in [0.717, 1.165) is 17.1 Å². The number of aryl methyl sites for hydroxylation is 1. The molecule has 0 bridgehead atoms. The Morgan fingerprint density at radius 2 is 1.95 bits per heavy atom. The average Bonchev–Trinajstić information content (AvgIpc) is 2.42. The van der Waals surface area contributed by atoms with E-state index < -0.39 is 0 Å². The highest BCUT2D eigenvalue weighted by Gasteiger charge is 2.07. The second kappa shape index (κ2) is 6.82. The van der Waals surface area contributed by atoms with Crippen molar-refractivity contribution in [3.05, 3.63) is 53.6 Å². The first kappa shape index (κ1) is 14.9. The maximum atomic E-state index is 5.87. The molecule has 2 N–H and O–H groups in total. The second-order valence-corrected chi connectivity index (χ2v) is 6.14. The van der Waals surface area contributed by atoms with Crippen molar-refractivity contribution in [1.82, 2.24) is 0 Å². The zero-order valence-electron chi connectivity index (χ0n) is 12.2. The Kier molecular flexibility index (Phi) is 5.10. The van der Waals surface area contributed by atoms with Gasteiger partial charge in [0.1, 0.15) is 5.75 Å². The van der Waals surface area contributed by atoms with Gasteiger partial charge in [-0.1, -0.05) is 30.0 Å². The van der Waals surface area contributed by atoms with Crippen molar-refractivity contribution in [3.63, 3.8) is 0 Å². The lowest BCUT2D eigenvalue weighted by molar-refractivity contribution is 0.405. The van der Waals surface area contributed by atoms with Gasteiger partial charge in [-0.15, -0.1) is 0 Å². The van der Waals surface area contributed by atoms with Crippen LogP contribution in [0.15, 0.2) is 52.3 Å². The molecule has 20 heavy (non-hydrogen) atoms. The summed E-state index contributed by atoms with van der Waals surface area (Å²) in [5.74, 6) is 0.912. The monoisotopic (exact) mass is 287 g/mol. The summed E-state index contributed by atoms with van der Waals surface area (Å²) in [6.07, 6.45) is 0.922. The first-order chi connectivity index (χ1) is 9.60. The van der Waals surface area contributed by atoms with Crippen LogP contribution < -0.4 is 10.5 Å². The summed E-state index contributed by atoms with van der Waals surface area (Å²) in [4.78, 5) is 2.36. The smallest absolute Gasteiger partial charge is 0.132 e. The number of benzene rings is 2. The van der Waals surface area contributed by atoms with E-state index in [-0.39, 0.29) is 6.04 Å². The molecule has 0 saturated carbocycles. The molecule has 0 aliphatic rings. The van der Waals surface area contributed by atoms with Crippen molar-refractivity contribution in [2.45, 2.75) is 36.1 Å². The summed E-state index contributed by atoms with van der Waals surface area (Å²) in [7, 11) is 1.70. The minimum Gasteiger partial charge on any atom is -0.496 e. The molecule has 2 aromatic rings. The molecule has 0 radical (unpaired) electrons. The van der Waals surface area contributed by atoms with Crippen molar-refractivity contribution in [2.75, 3.05) is 7.11 Å². The molecular weight excluding hydrogens is 266 g/mol. The van der Waals surface area contributed by atoms with Gasteiger partial charge in [-0.3, -0.25) is 0 Å². The second-order valence-electron chi connectivity index (χ2n) is 5.02. The van der Waals surface area contributed by atoms with E-state index in [9.17, 15) is 0 Å². The Labute approximate surface area is 125 Å². The number of para-hydroxylation sites is 1. The number of ether oxygens (including phenoxy) is 1. The first-order valence-electron chi connectivity index (χ1n) is 6.76. The lowest BCUT2D eigenvalue weighted by Gasteiger charge is -2.12. The van der Waals surface area contributed by atoms with E-state index in [1.807, 2.05) is 25.1 Å². The van der Waals surface area contributed by atoms with Crippen LogP contribution >= 0.6 is 11.8 Å². The molecule has 0 heterocycles. The van der Waals surface area contributed by atoms with Crippen molar-refractivity contribution < 1.29 is 4.74 Å². The topological polar surface area (TPSA) is 35.2 Å². The van der Waals surface area contributed by atoms with E-state index in [2.05, 4.69) is 31.2 Å². The number of rotatable bonds is 5. The summed E-state index contributed by atoms with van der Waals surface area (Å²) in [5.41, 5.74) is 8.49. The predicted molar refractivity (Wildman–Crippen MR) is 85.6 cm³/mol. The van der Waals surface area contributed by atoms with Crippen LogP contribution in [0.3, 0.4) is 0 Å². The third kappa shape index (κ3) is 3.78. The SMILES string of the molecule is COc1ccccc1Sc1ccc(CC(C)N)c(C)c1. The van der Waals surface area contributed by atoms with Crippen LogP contribution in [0.25, 0.3) is 0 Å². The molecule has 0 aromatic heterocycles. The summed E-state index contributed by atoms with van der Waals surface area (Å²) in [5, 5.41) is 0. The van der Waals surface area contributed by atoms with Gasteiger partial charge in [-0.05, 0) is 55.7 Å². The van der Waals surface area contributed by atoms with Crippen molar-refractivity contribution in [3.8, 4) is 5.75 Å². The van der Waals surface area contributed by atoms with Crippen molar-refractivity contribution in [2.24, 2.45) is 5.73 Å². The van der Waals surface area contributed by atoms with Crippen molar-refractivity contribution in [1.29, 1.82) is 0 Å². The Hall–Kier alpha value is -1.45. The van der Waals surface area contributed by atoms with Crippen LogP contribution in [-0.2, 0) is 6.42 Å². The highest BCUT2D eigenvalue weighted by molar-refractivity contribution is 7.99. The third-order valence-corrected chi connectivity index (χ3v) is 4.20. The molecule has 3 heteroatoms. The van der Waals surface area contributed by atoms with Crippen LogP contribution in [0, 0.1) is 6.92 Å². The fraction of sp³-hybridized carbons (Fsp3) is 0.294. The van der Waals surface area contributed by atoms with Gasteiger partial charge in [-0.25, -0.2) is 0 Å². The van der Waals surface area contributed by atoms with Crippen LogP contribution in [0.2, 0.25) is 0 Å². The molecule has 2 rings (SSSR count). The van der Waals surface area contributed by atoms with Gasteiger partial charge < -0.3 is 10.5 Å². The number of hydrogen-bond donors (Lipinski definition) is 1. The molecule has 0 aliphatic heterocycles. The highest BCUT2D eigenvalue weighted by atomic mass is 32.2. The lowest BCUT2D eigenvalue weighted by atomic mass is 10.0. The standard InChI is InChI=1S/C17H21NOS/c1-12-10-15(9-8-14(12)11-13(2)18)20-17-7-5-4-6-16(17)19-3/h4-10,13H,11,18H2,1-3H3. The molecule has 106 valence electrons. The van der Waals surface area contributed by atoms with Crippen LogP contribution in [-0.4, -0.2) is 13.2 Å². The zero-order chi connectivity index (χ0) is 14.5.